The third kappa shape index (κ3) is 3.60. The fourth-order valence-corrected chi connectivity index (χ4v) is 3.27. The molecule has 2 aromatic rings. The zero-order valence-corrected chi connectivity index (χ0v) is 14.1. The summed E-state index contributed by atoms with van der Waals surface area (Å²) in [5.41, 5.74) is 3.08. The molecule has 24 heavy (non-hydrogen) atoms. The number of nitrogens with one attached hydrogen (secondary N) is 1. The van der Waals surface area contributed by atoms with Crippen molar-refractivity contribution in [2.75, 3.05) is 0 Å². The Morgan fingerprint density at radius 2 is 1.88 bits per heavy atom. The van der Waals surface area contributed by atoms with E-state index in [1.165, 1.54) is 11.1 Å². The van der Waals surface area contributed by atoms with Crippen molar-refractivity contribution >= 4 is 5.91 Å². The van der Waals surface area contributed by atoms with Crippen LogP contribution in [-0.4, -0.2) is 22.7 Å². The third-order valence-electron chi connectivity index (χ3n) is 4.47. The number of hydrogen-bond acceptors (Lipinski definition) is 3. The Bertz CT molecular complexity index is 716. The SMILES string of the molecule is CC(Oc1cccc(CO)c1)C(=O)NC1(C)Cc2ccccc2C1. The number of carbonyl (C=O) groups excluding carboxylic acids is 1. The number of aliphatic hydroxyl groups is 1. The Balaban J connectivity index is 1.62. The fraction of sp³-hybridized carbons (Fsp3) is 0.350. The summed E-state index contributed by atoms with van der Waals surface area (Å²) in [4.78, 5) is 12.5. The minimum absolute atomic E-state index is 0.0475. The summed E-state index contributed by atoms with van der Waals surface area (Å²) < 4.78 is 5.73. The maximum atomic E-state index is 12.5. The smallest absolute Gasteiger partial charge is 0.261 e. The van der Waals surface area contributed by atoms with E-state index in [0.29, 0.717) is 5.75 Å². The molecule has 0 aromatic heterocycles. The molecule has 0 spiro atoms. The molecule has 0 aliphatic heterocycles. The zero-order chi connectivity index (χ0) is 17.2. The largest absolute Gasteiger partial charge is 0.481 e. The molecular formula is C20H23NO3. The van der Waals surface area contributed by atoms with Gasteiger partial charge in [-0.1, -0.05) is 36.4 Å². The van der Waals surface area contributed by atoms with Gasteiger partial charge < -0.3 is 15.2 Å². The molecule has 4 heteroatoms. The first kappa shape index (κ1) is 16.5. The van der Waals surface area contributed by atoms with Gasteiger partial charge in [0, 0.05) is 5.54 Å². The Morgan fingerprint density at radius 1 is 1.21 bits per heavy atom. The summed E-state index contributed by atoms with van der Waals surface area (Å²) in [6.45, 7) is 3.77. The van der Waals surface area contributed by atoms with Gasteiger partial charge in [0.05, 0.1) is 6.61 Å². The lowest BCUT2D eigenvalue weighted by Crippen LogP contribution is -2.51. The summed E-state index contributed by atoms with van der Waals surface area (Å²) in [6.07, 6.45) is 1.07. The molecule has 0 saturated carbocycles. The van der Waals surface area contributed by atoms with Crippen LogP contribution in [0.15, 0.2) is 48.5 Å². The van der Waals surface area contributed by atoms with E-state index in [1.54, 1.807) is 25.1 Å². The molecule has 0 fully saturated rings. The molecule has 1 aliphatic rings. The van der Waals surface area contributed by atoms with Crippen LogP contribution < -0.4 is 10.1 Å². The molecule has 2 aromatic carbocycles. The molecule has 0 radical (unpaired) electrons. The Hall–Kier alpha value is -2.33. The third-order valence-corrected chi connectivity index (χ3v) is 4.47. The number of fused-ring (bicyclic) bond motifs is 1. The van der Waals surface area contributed by atoms with Gasteiger partial charge >= 0.3 is 0 Å². The molecule has 1 atom stereocenters. The van der Waals surface area contributed by atoms with Gasteiger partial charge in [0.2, 0.25) is 0 Å². The summed E-state index contributed by atoms with van der Waals surface area (Å²) in [5, 5.41) is 12.3. The molecule has 0 heterocycles. The monoisotopic (exact) mass is 325 g/mol. The average molecular weight is 325 g/mol. The fourth-order valence-electron chi connectivity index (χ4n) is 3.27. The van der Waals surface area contributed by atoms with E-state index in [0.717, 1.165) is 18.4 Å². The molecule has 2 N–H and O–H groups in total. The van der Waals surface area contributed by atoms with Gasteiger partial charge in [-0.2, -0.15) is 0 Å². The quantitative estimate of drug-likeness (QED) is 0.888. The highest BCUT2D eigenvalue weighted by Gasteiger charge is 2.35. The van der Waals surface area contributed by atoms with Crippen molar-refractivity contribution < 1.29 is 14.6 Å². The maximum Gasteiger partial charge on any atom is 0.261 e. The first-order valence-electron chi connectivity index (χ1n) is 8.24. The zero-order valence-electron chi connectivity index (χ0n) is 14.1. The Kier molecular flexibility index (Phi) is 4.58. The highest BCUT2D eigenvalue weighted by atomic mass is 16.5. The molecule has 1 unspecified atom stereocenters. The Morgan fingerprint density at radius 3 is 2.50 bits per heavy atom. The highest BCUT2D eigenvalue weighted by molar-refractivity contribution is 5.81. The number of carbonyl (C=O) groups is 1. The molecule has 0 saturated heterocycles. The van der Waals surface area contributed by atoms with Crippen molar-refractivity contribution in [2.45, 2.75) is 44.9 Å². The van der Waals surface area contributed by atoms with E-state index in [2.05, 4.69) is 24.4 Å². The molecule has 1 amide bonds. The average Bonchev–Trinajstić information content (AvgIpc) is 2.90. The van der Waals surface area contributed by atoms with Crippen molar-refractivity contribution in [3.8, 4) is 5.75 Å². The van der Waals surface area contributed by atoms with Gasteiger partial charge in [-0.05, 0) is 55.5 Å². The molecule has 126 valence electrons. The van der Waals surface area contributed by atoms with E-state index in [9.17, 15) is 9.90 Å². The maximum absolute atomic E-state index is 12.5. The lowest BCUT2D eigenvalue weighted by atomic mass is 9.98. The van der Waals surface area contributed by atoms with Crippen molar-refractivity contribution in [1.29, 1.82) is 0 Å². The van der Waals surface area contributed by atoms with E-state index in [4.69, 9.17) is 4.74 Å². The van der Waals surface area contributed by atoms with E-state index in [1.807, 2.05) is 18.2 Å². The first-order chi connectivity index (χ1) is 11.5. The van der Waals surface area contributed by atoms with Gasteiger partial charge in [0.1, 0.15) is 5.75 Å². The summed E-state index contributed by atoms with van der Waals surface area (Å²) in [5.74, 6) is 0.462. The van der Waals surface area contributed by atoms with Crippen LogP contribution in [-0.2, 0) is 24.2 Å². The van der Waals surface area contributed by atoms with Gasteiger partial charge in [-0.25, -0.2) is 0 Å². The van der Waals surface area contributed by atoms with Crippen LogP contribution in [0.25, 0.3) is 0 Å². The van der Waals surface area contributed by atoms with E-state index < -0.39 is 6.10 Å². The van der Waals surface area contributed by atoms with Crippen molar-refractivity contribution in [2.24, 2.45) is 0 Å². The predicted molar refractivity (Wildman–Crippen MR) is 92.9 cm³/mol. The predicted octanol–water partition coefficient (Wildman–Crippen LogP) is 2.62. The van der Waals surface area contributed by atoms with Crippen LogP contribution in [0.3, 0.4) is 0 Å². The van der Waals surface area contributed by atoms with E-state index in [-0.39, 0.29) is 18.1 Å². The molecule has 0 bridgehead atoms. The van der Waals surface area contributed by atoms with Gasteiger partial charge in [0.15, 0.2) is 6.10 Å². The van der Waals surface area contributed by atoms with Gasteiger partial charge in [0.25, 0.3) is 5.91 Å². The van der Waals surface area contributed by atoms with Crippen LogP contribution in [0.4, 0.5) is 0 Å². The second-order valence-electron chi connectivity index (χ2n) is 6.74. The van der Waals surface area contributed by atoms with Crippen molar-refractivity contribution in [3.63, 3.8) is 0 Å². The highest BCUT2D eigenvalue weighted by Crippen LogP contribution is 2.29. The van der Waals surface area contributed by atoms with Gasteiger partial charge in [-0.3, -0.25) is 4.79 Å². The number of amides is 1. The number of aliphatic hydroxyl groups excluding tert-OH is 1. The van der Waals surface area contributed by atoms with Crippen molar-refractivity contribution in [1.82, 2.24) is 5.32 Å². The summed E-state index contributed by atoms with van der Waals surface area (Å²) in [7, 11) is 0. The van der Waals surface area contributed by atoms with Crippen LogP contribution in [0.5, 0.6) is 5.75 Å². The second kappa shape index (κ2) is 6.65. The second-order valence-corrected chi connectivity index (χ2v) is 6.74. The summed E-state index contributed by atoms with van der Waals surface area (Å²) >= 11 is 0. The minimum atomic E-state index is -0.598. The lowest BCUT2D eigenvalue weighted by Gasteiger charge is -2.27. The number of benzene rings is 2. The molecule has 1 aliphatic carbocycles. The minimum Gasteiger partial charge on any atom is -0.481 e. The number of hydrogen-bond donors (Lipinski definition) is 2. The van der Waals surface area contributed by atoms with Crippen LogP contribution in [0, 0.1) is 0 Å². The van der Waals surface area contributed by atoms with Crippen molar-refractivity contribution in [3.05, 3.63) is 65.2 Å². The molecular weight excluding hydrogens is 302 g/mol. The topological polar surface area (TPSA) is 58.6 Å². The van der Waals surface area contributed by atoms with Crippen LogP contribution in [0.1, 0.15) is 30.5 Å². The van der Waals surface area contributed by atoms with E-state index >= 15 is 0 Å². The standard InChI is InChI=1S/C20H23NO3/c1-14(24-18-9-5-6-15(10-18)13-22)19(23)21-20(2)11-16-7-3-4-8-17(16)12-20/h3-10,14,22H,11-13H2,1-2H3,(H,21,23). The first-order valence-corrected chi connectivity index (χ1v) is 8.24. The van der Waals surface area contributed by atoms with Crippen LogP contribution >= 0.6 is 0 Å². The van der Waals surface area contributed by atoms with Crippen LogP contribution in [0.2, 0.25) is 0 Å². The van der Waals surface area contributed by atoms with Gasteiger partial charge in [-0.15, -0.1) is 0 Å². The normalized spacial score (nSPS) is 16.3. The number of ether oxygens (including phenoxy) is 1. The molecule has 3 rings (SSSR count). The number of rotatable bonds is 5. The summed E-state index contributed by atoms with van der Waals surface area (Å²) in [6, 6.07) is 15.5. The Labute approximate surface area is 142 Å². The lowest BCUT2D eigenvalue weighted by molar-refractivity contribution is -0.129. The molecule has 4 nitrogen and oxygen atoms in total.